The number of ether oxygens (including phenoxy) is 1. The summed E-state index contributed by atoms with van der Waals surface area (Å²) in [5.74, 6) is -2.23. The van der Waals surface area contributed by atoms with Crippen LogP contribution in [0.15, 0.2) is 35.9 Å². The number of nitrogens with zero attached hydrogens (tertiary/aromatic N) is 1. The topological polar surface area (TPSA) is 59.4 Å². The first-order valence-electron chi connectivity index (χ1n) is 6.59. The lowest BCUT2D eigenvalue weighted by atomic mass is 10.1. The fraction of sp³-hybridized carbons (Fsp3) is 0.200. The number of halogens is 5. The van der Waals surface area contributed by atoms with E-state index in [1.807, 2.05) is 0 Å². The Morgan fingerprint density at radius 3 is 2.68 bits per heavy atom. The highest BCUT2D eigenvalue weighted by molar-refractivity contribution is 7.09. The Hall–Kier alpha value is -1.97. The Balaban J connectivity index is 2.11. The number of hydrogen-bond donors (Lipinski definition) is 1. The molecule has 1 heterocycles. The number of thiazole rings is 1. The Morgan fingerprint density at radius 1 is 1.44 bits per heavy atom. The van der Waals surface area contributed by atoms with Gasteiger partial charge < -0.3 is 9.84 Å². The summed E-state index contributed by atoms with van der Waals surface area (Å²) in [6.07, 6.45) is -4.76. The molecule has 25 heavy (non-hydrogen) atoms. The van der Waals surface area contributed by atoms with Crippen molar-refractivity contribution in [3.63, 3.8) is 0 Å². The number of hydrogen-bond acceptors (Lipinski definition) is 5. The van der Waals surface area contributed by atoms with Crippen LogP contribution in [-0.2, 0) is 22.3 Å². The average Bonchev–Trinajstić information content (AvgIpc) is 3.07. The highest BCUT2D eigenvalue weighted by atomic mass is 35.5. The maximum Gasteiger partial charge on any atom is 0.416 e. The van der Waals surface area contributed by atoms with E-state index in [1.165, 1.54) is 6.20 Å². The number of aliphatic hydroxyl groups is 1. The third-order valence-corrected chi connectivity index (χ3v) is 4.17. The quantitative estimate of drug-likeness (QED) is 0.466. The van der Waals surface area contributed by atoms with Gasteiger partial charge in [0.1, 0.15) is 23.5 Å². The lowest BCUT2D eigenvalue weighted by molar-refractivity contribution is -0.141. The fourth-order valence-electron chi connectivity index (χ4n) is 1.78. The first kappa shape index (κ1) is 19.4. The second kappa shape index (κ2) is 7.51. The van der Waals surface area contributed by atoms with Crippen molar-refractivity contribution >= 4 is 28.9 Å². The Labute approximate surface area is 148 Å². The van der Waals surface area contributed by atoms with Crippen molar-refractivity contribution in [3.05, 3.63) is 62.8 Å². The van der Waals surface area contributed by atoms with Crippen molar-refractivity contribution in [1.29, 1.82) is 0 Å². The normalized spacial score (nSPS) is 12.7. The van der Waals surface area contributed by atoms with Crippen LogP contribution in [0.25, 0.3) is 0 Å². The third kappa shape index (κ3) is 4.56. The molecule has 0 fully saturated rings. The van der Waals surface area contributed by atoms with Gasteiger partial charge in [0, 0.05) is 17.1 Å². The smallest absolute Gasteiger partial charge is 0.416 e. The van der Waals surface area contributed by atoms with E-state index in [0.29, 0.717) is 12.1 Å². The molecule has 134 valence electrons. The fourth-order valence-corrected chi connectivity index (χ4v) is 2.67. The summed E-state index contributed by atoms with van der Waals surface area (Å²) in [5, 5.41) is 10.9. The molecule has 2 aromatic rings. The largest absolute Gasteiger partial charge is 0.457 e. The van der Waals surface area contributed by atoms with Crippen LogP contribution >= 0.6 is 22.9 Å². The zero-order chi connectivity index (χ0) is 18.8. The molecule has 0 aliphatic heterocycles. The second-order valence-corrected chi connectivity index (χ2v) is 6.14. The van der Waals surface area contributed by atoms with Crippen LogP contribution in [0.1, 0.15) is 22.2 Å². The van der Waals surface area contributed by atoms with Gasteiger partial charge in [0.25, 0.3) is 0 Å². The minimum Gasteiger partial charge on any atom is -0.457 e. The first-order valence-corrected chi connectivity index (χ1v) is 7.85. The van der Waals surface area contributed by atoms with Crippen molar-refractivity contribution in [2.75, 3.05) is 0 Å². The molecule has 4 nitrogen and oxygen atoms in total. The molecule has 1 aromatic carbocycles. The number of carbonyl (C=O) groups excluding carboxylic acids is 1. The summed E-state index contributed by atoms with van der Waals surface area (Å²) in [6.45, 7) is 2.55. The lowest BCUT2D eigenvalue weighted by Crippen LogP contribution is -2.15. The number of benzene rings is 1. The van der Waals surface area contributed by atoms with Crippen LogP contribution in [0.5, 0.6) is 0 Å². The zero-order valence-electron chi connectivity index (χ0n) is 12.3. The van der Waals surface area contributed by atoms with E-state index in [0.717, 1.165) is 11.3 Å². The number of rotatable bonds is 5. The number of alkyl halides is 3. The minimum atomic E-state index is -4.74. The molecule has 0 radical (unpaired) electrons. The molecule has 0 spiro atoms. The first-order chi connectivity index (χ1) is 11.6. The van der Waals surface area contributed by atoms with Crippen LogP contribution in [0.4, 0.5) is 17.6 Å². The third-order valence-electron chi connectivity index (χ3n) is 3.07. The predicted molar refractivity (Wildman–Crippen MR) is 82.4 cm³/mol. The molecule has 0 aliphatic rings. The molecule has 1 N–H and O–H groups in total. The molecule has 1 aromatic heterocycles. The van der Waals surface area contributed by atoms with Gasteiger partial charge in [-0.1, -0.05) is 18.2 Å². The number of carbonyl (C=O) groups is 1. The summed E-state index contributed by atoms with van der Waals surface area (Å²) in [6, 6.07) is 0.932. The second-order valence-electron chi connectivity index (χ2n) is 4.80. The van der Waals surface area contributed by atoms with Crippen molar-refractivity contribution in [3.8, 4) is 0 Å². The summed E-state index contributed by atoms with van der Waals surface area (Å²) in [7, 11) is 0. The summed E-state index contributed by atoms with van der Waals surface area (Å²) in [4.78, 5) is 15.6. The minimum absolute atomic E-state index is 0.190. The molecule has 0 amide bonds. The summed E-state index contributed by atoms with van der Waals surface area (Å²) in [5.41, 5.74) is -2.11. The van der Waals surface area contributed by atoms with E-state index >= 15 is 0 Å². The van der Waals surface area contributed by atoms with E-state index in [9.17, 15) is 27.5 Å². The Bertz CT molecular complexity index is 793. The van der Waals surface area contributed by atoms with Crippen molar-refractivity contribution in [2.24, 2.45) is 0 Å². The molecule has 1 atom stereocenters. The van der Waals surface area contributed by atoms with Crippen LogP contribution in [0.2, 0.25) is 5.02 Å². The molecule has 0 saturated carbocycles. The van der Waals surface area contributed by atoms with Gasteiger partial charge in [0.05, 0.1) is 16.2 Å². The van der Waals surface area contributed by atoms with E-state index in [1.54, 1.807) is 5.38 Å². The van der Waals surface area contributed by atoms with E-state index in [2.05, 4.69) is 11.6 Å². The molecule has 0 saturated heterocycles. The Kier molecular flexibility index (Phi) is 5.81. The lowest BCUT2D eigenvalue weighted by Gasteiger charge is -2.13. The van der Waals surface area contributed by atoms with Gasteiger partial charge in [0.15, 0.2) is 0 Å². The van der Waals surface area contributed by atoms with Crippen LogP contribution in [-0.4, -0.2) is 16.1 Å². The molecular formula is C15H10ClF4NO3S. The van der Waals surface area contributed by atoms with Crippen molar-refractivity contribution < 1.29 is 32.2 Å². The van der Waals surface area contributed by atoms with E-state index < -0.39 is 46.8 Å². The number of esters is 1. The van der Waals surface area contributed by atoms with Crippen molar-refractivity contribution in [1.82, 2.24) is 4.98 Å². The van der Waals surface area contributed by atoms with E-state index in [4.69, 9.17) is 16.3 Å². The molecule has 0 bridgehead atoms. The van der Waals surface area contributed by atoms with Gasteiger partial charge in [-0.05, 0) is 12.1 Å². The van der Waals surface area contributed by atoms with Gasteiger partial charge in [0.2, 0.25) is 0 Å². The monoisotopic (exact) mass is 395 g/mol. The van der Waals surface area contributed by atoms with Gasteiger partial charge in [-0.3, -0.25) is 0 Å². The molecule has 10 heteroatoms. The van der Waals surface area contributed by atoms with Gasteiger partial charge in [-0.15, -0.1) is 11.3 Å². The maximum absolute atomic E-state index is 13.8. The van der Waals surface area contributed by atoms with Gasteiger partial charge >= 0.3 is 12.1 Å². The van der Waals surface area contributed by atoms with E-state index in [-0.39, 0.29) is 10.6 Å². The maximum atomic E-state index is 13.8. The SMILES string of the molecule is C=C(C(=O)OCc1cc(C(F)(F)F)cc(Cl)c1F)C(O)c1nccs1. The van der Waals surface area contributed by atoms with Gasteiger partial charge in [-0.25, -0.2) is 14.2 Å². The standard InChI is InChI=1S/C15H10ClF4NO3S/c1-7(12(22)13-21-2-3-25-13)14(23)24-6-8-4-9(15(18,19)20)5-10(16)11(8)17/h2-5,12,22H,1,6H2. The summed E-state index contributed by atoms with van der Waals surface area (Å²) < 4.78 is 56.7. The number of aromatic nitrogens is 1. The predicted octanol–water partition coefficient (Wildman–Crippen LogP) is 4.29. The highest BCUT2D eigenvalue weighted by Gasteiger charge is 2.32. The molecular weight excluding hydrogens is 386 g/mol. The molecule has 2 rings (SSSR count). The summed E-state index contributed by atoms with van der Waals surface area (Å²) >= 11 is 6.51. The van der Waals surface area contributed by atoms with Crippen molar-refractivity contribution in [2.45, 2.75) is 18.9 Å². The molecule has 1 unspecified atom stereocenters. The Morgan fingerprint density at radius 2 is 2.12 bits per heavy atom. The average molecular weight is 396 g/mol. The number of aliphatic hydroxyl groups excluding tert-OH is 1. The van der Waals surface area contributed by atoms with Gasteiger partial charge in [-0.2, -0.15) is 13.2 Å². The van der Waals surface area contributed by atoms with Crippen LogP contribution < -0.4 is 0 Å². The zero-order valence-corrected chi connectivity index (χ0v) is 13.9. The van der Waals surface area contributed by atoms with Crippen LogP contribution in [0, 0.1) is 5.82 Å². The molecule has 0 aliphatic carbocycles. The highest BCUT2D eigenvalue weighted by Crippen LogP contribution is 2.34. The van der Waals surface area contributed by atoms with Crippen LogP contribution in [0.3, 0.4) is 0 Å².